The van der Waals surface area contributed by atoms with Gasteiger partial charge in [0.15, 0.2) is 5.78 Å². The number of Topliss-reactive ketones (excluding diaryl/α,β-unsaturated/α-hetero) is 1. The predicted molar refractivity (Wildman–Crippen MR) is 82.2 cm³/mol. The maximum atomic E-state index is 12.1. The largest absolute Gasteiger partial charge is 0.462 e. The van der Waals surface area contributed by atoms with Crippen LogP contribution in [-0.4, -0.2) is 31.6 Å². The SMILES string of the molecule is CCCOC(=O)/C(=C\c1ccccc1Cl)C(=O)COCC. The Bertz CT molecular complexity index is 501. The Hall–Kier alpha value is -1.65. The highest BCUT2D eigenvalue weighted by Crippen LogP contribution is 2.19. The van der Waals surface area contributed by atoms with Gasteiger partial charge in [-0.1, -0.05) is 36.7 Å². The number of hydrogen-bond donors (Lipinski definition) is 0. The summed E-state index contributed by atoms with van der Waals surface area (Å²) in [6.45, 7) is 4.16. The van der Waals surface area contributed by atoms with Crippen molar-refractivity contribution in [2.24, 2.45) is 0 Å². The van der Waals surface area contributed by atoms with Crippen molar-refractivity contribution >= 4 is 29.4 Å². The lowest BCUT2D eigenvalue weighted by Gasteiger charge is -2.08. The summed E-state index contributed by atoms with van der Waals surface area (Å²) < 4.78 is 10.1. The number of ketones is 1. The van der Waals surface area contributed by atoms with Crippen molar-refractivity contribution in [3.63, 3.8) is 0 Å². The Morgan fingerprint density at radius 2 is 1.95 bits per heavy atom. The van der Waals surface area contributed by atoms with Crippen molar-refractivity contribution in [3.05, 3.63) is 40.4 Å². The van der Waals surface area contributed by atoms with Crippen molar-refractivity contribution in [2.75, 3.05) is 19.8 Å². The molecule has 0 amide bonds. The predicted octanol–water partition coefficient (Wildman–Crippen LogP) is 3.28. The van der Waals surface area contributed by atoms with Gasteiger partial charge in [-0.3, -0.25) is 4.79 Å². The van der Waals surface area contributed by atoms with Gasteiger partial charge >= 0.3 is 5.97 Å². The first kappa shape index (κ1) is 17.4. The molecule has 0 atom stereocenters. The molecule has 4 nitrogen and oxygen atoms in total. The van der Waals surface area contributed by atoms with E-state index in [1.54, 1.807) is 31.2 Å². The van der Waals surface area contributed by atoms with E-state index in [2.05, 4.69) is 0 Å². The van der Waals surface area contributed by atoms with Gasteiger partial charge in [0, 0.05) is 11.6 Å². The number of benzene rings is 1. The van der Waals surface area contributed by atoms with Crippen LogP contribution in [0.15, 0.2) is 29.8 Å². The van der Waals surface area contributed by atoms with Crippen LogP contribution in [0.5, 0.6) is 0 Å². The molecule has 0 spiro atoms. The summed E-state index contributed by atoms with van der Waals surface area (Å²) in [6, 6.07) is 6.97. The van der Waals surface area contributed by atoms with Gasteiger partial charge in [0.2, 0.25) is 0 Å². The molecule has 1 aromatic carbocycles. The first-order valence-corrected chi connectivity index (χ1v) is 7.22. The minimum atomic E-state index is -0.651. The second-order valence-electron chi connectivity index (χ2n) is 4.28. The highest BCUT2D eigenvalue weighted by atomic mass is 35.5. The van der Waals surface area contributed by atoms with Crippen molar-refractivity contribution in [3.8, 4) is 0 Å². The van der Waals surface area contributed by atoms with Gasteiger partial charge in [0.25, 0.3) is 0 Å². The number of carbonyl (C=O) groups excluding carboxylic acids is 2. The summed E-state index contributed by atoms with van der Waals surface area (Å²) in [7, 11) is 0. The van der Waals surface area contributed by atoms with E-state index in [0.717, 1.165) is 0 Å². The van der Waals surface area contributed by atoms with Crippen LogP contribution in [0.25, 0.3) is 6.08 Å². The Morgan fingerprint density at radius 3 is 2.57 bits per heavy atom. The third-order valence-electron chi connectivity index (χ3n) is 2.60. The second kappa shape index (κ2) is 9.32. The quantitative estimate of drug-likeness (QED) is 0.320. The molecule has 0 saturated carbocycles. The Labute approximate surface area is 129 Å². The molecular formula is C16H19ClO4. The molecule has 0 aliphatic heterocycles. The summed E-state index contributed by atoms with van der Waals surface area (Å²) in [6.07, 6.45) is 2.13. The highest BCUT2D eigenvalue weighted by molar-refractivity contribution is 6.32. The minimum absolute atomic E-state index is 0.0509. The molecule has 0 N–H and O–H groups in total. The topological polar surface area (TPSA) is 52.6 Å². The van der Waals surface area contributed by atoms with E-state index < -0.39 is 11.8 Å². The third kappa shape index (κ3) is 5.69. The van der Waals surface area contributed by atoms with Crippen LogP contribution < -0.4 is 0 Å². The van der Waals surface area contributed by atoms with Crippen LogP contribution in [0.2, 0.25) is 5.02 Å². The Kier molecular flexibility index (Phi) is 7.72. The standard InChI is InChI=1S/C16H19ClO4/c1-3-9-21-16(19)13(15(18)11-20-4-2)10-12-7-5-6-8-14(12)17/h5-8,10H,3-4,9,11H2,1-2H3/b13-10-. The molecule has 5 heteroatoms. The number of carbonyl (C=O) groups is 2. The van der Waals surface area contributed by atoms with E-state index in [4.69, 9.17) is 21.1 Å². The number of halogens is 1. The number of esters is 1. The van der Waals surface area contributed by atoms with Gasteiger partial charge in [-0.25, -0.2) is 4.79 Å². The van der Waals surface area contributed by atoms with Crippen LogP contribution >= 0.6 is 11.6 Å². The van der Waals surface area contributed by atoms with E-state index in [1.807, 2.05) is 6.92 Å². The maximum Gasteiger partial charge on any atom is 0.341 e. The molecule has 0 bridgehead atoms. The van der Waals surface area contributed by atoms with Crippen LogP contribution in [-0.2, 0) is 19.1 Å². The Balaban J connectivity index is 3.03. The molecule has 21 heavy (non-hydrogen) atoms. The van der Waals surface area contributed by atoms with Crippen molar-refractivity contribution in [2.45, 2.75) is 20.3 Å². The molecule has 0 aromatic heterocycles. The molecule has 0 heterocycles. The first-order valence-electron chi connectivity index (χ1n) is 6.84. The number of ether oxygens (including phenoxy) is 2. The van der Waals surface area contributed by atoms with Crippen molar-refractivity contribution in [1.82, 2.24) is 0 Å². The fourth-order valence-electron chi connectivity index (χ4n) is 1.55. The molecule has 0 aliphatic rings. The number of hydrogen-bond acceptors (Lipinski definition) is 4. The molecule has 0 aliphatic carbocycles. The second-order valence-corrected chi connectivity index (χ2v) is 4.68. The normalized spacial score (nSPS) is 11.3. The van der Waals surface area contributed by atoms with E-state index >= 15 is 0 Å². The van der Waals surface area contributed by atoms with Crippen LogP contribution in [0.4, 0.5) is 0 Å². The van der Waals surface area contributed by atoms with Crippen LogP contribution in [0, 0.1) is 0 Å². The van der Waals surface area contributed by atoms with Gasteiger partial charge in [0.1, 0.15) is 12.2 Å². The molecule has 0 unspecified atom stereocenters. The lowest BCUT2D eigenvalue weighted by atomic mass is 10.1. The molecule has 0 saturated heterocycles. The zero-order valence-electron chi connectivity index (χ0n) is 12.2. The summed E-state index contributed by atoms with van der Waals surface area (Å²) in [5.41, 5.74) is 0.539. The van der Waals surface area contributed by atoms with Gasteiger partial charge in [-0.2, -0.15) is 0 Å². The molecule has 0 radical (unpaired) electrons. The summed E-state index contributed by atoms with van der Waals surface area (Å²) in [4.78, 5) is 24.1. The third-order valence-corrected chi connectivity index (χ3v) is 2.94. The highest BCUT2D eigenvalue weighted by Gasteiger charge is 2.20. The molecule has 1 rings (SSSR count). The van der Waals surface area contributed by atoms with Gasteiger partial charge in [-0.15, -0.1) is 0 Å². The molecular weight excluding hydrogens is 292 g/mol. The van der Waals surface area contributed by atoms with Gasteiger partial charge in [-0.05, 0) is 31.1 Å². The molecule has 0 fully saturated rings. The van der Waals surface area contributed by atoms with E-state index in [0.29, 0.717) is 23.6 Å². The summed E-state index contributed by atoms with van der Waals surface area (Å²) in [5.74, 6) is -1.07. The van der Waals surface area contributed by atoms with E-state index in [9.17, 15) is 9.59 Å². The zero-order chi connectivity index (χ0) is 15.7. The first-order chi connectivity index (χ1) is 10.1. The Morgan fingerprint density at radius 1 is 1.24 bits per heavy atom. The zero-order valence-corrected chi connectivity index (χ0v) is 13.0. The monoisotopic (exact) mass is 310 g/mol. The van der Waals surface area contributed by atoms with Crippen molar-refractivity contribution < 1.29 is 19.1 Å². The number of rotatable bonds is 8. The van der Waals surface area contributed by atoms with Gasteiger partial charge < -0.3 is 9.47 Å². The average molecular weight is 311 g/mol. The van der Waals surface area contributed by atoms with E-state index in [-0.39, 0.29) is 18.8 Å². The van der Waals surface area contributed by atoms with Crippen LogP contribution in [0.3, 0.4) is 0 Å². The average Bonchev–Trinajstić information content (AvgIpc) is 2.49. The maximum absolute atomic E-state index is 12.1. The minimum Gasteiger partial charge on any atom is -0.462 e. The van der Waals surface area contributed by atoms with Crippen LogP contribution in [0.1, 0.15) is 25.8 Å². The lowest BCUT2D eigenvalue weighted by molar-refractivity contribution is -0.140. The van der Waals surface area contributed by atoms with Gasteiger partial charge in [0.05, 0.1) is 6.61 Å². The lowest BCUT2D eigenvalue weighted by Crippen LogP contribution is -2.20. The van der Waals surface area contributed by atoms with Crippen molar-refractivity contribution in [1.29, 1.82) is 0 Å². The smallest absolute Gasteiger partial charge is 0.341 e. The molecule has 114 valence electrons. The summed E-state index contributed by atoms with van der Waals surface area (Å²) in [5, 5.41) is 0.461. The van der Waals surface area contributed by atoms with E-state index in [1.165, 1.54) is 6.08 Å². The molecule has 1 aromatic rings. The fraction of sp³-hybridized carbons (Fsp3) is 0.375. The fourth-order valence-corrected chi connectivity index (χ4v) is 1.74. The summed E-state index contributed by atoms with van der Waals surface area (Å²) >= 11 is 6.05.